The lowest BCUT2D eigenvalue weighted by molar-refractivity contribution is -0.134. The van der Waals surface area contributed by atoms with Crippen molar-refractivity contribution >= 4 is 17.6 Å². The summed E-state index contributed by atoms with van der Waals surface area (Å²) in [4.78, 5) is 23.9. The SMILES string of the molecule is CCC(=O)Oc1ccccc1N(C)C(C)=O. The van der Waals surface area contributed by atoms with E-state index in [-0.39, 0.29) is 11.9 Å². The molecule has 0 aliphatic heterocycles. The highest BCUT2D eigenvalue weighted by atomic mass is 16.5. The molecule has 1 aromatic carbocycles. The number of esters is 1. The number of rotatable bonds is 3. The van der Waals surface area contributed by atoms with Gasteiger partial charge in [-0.3, -0.25) is 9.59 Å². The fraction of sp³-hybridized carbons (Fsp3) is 0.333. The lowest BCUT2D eigenvalue weighted by atomic mass is 10.2. The standard InChI is InChI=1S/C12H15NO3/c1-4-12(15)16-11-8-6-5-7-10(11)13(3)9(2)14/h5-8H,4H2,1-3H3. The Hall–Kier alpha value is -1.84. The van der Waals surface area contributed by atoms with E-state index in [0.717, 1.165) is 0 Å². The minimum Gasteiger partial charge on any atom is -0.424 e. The zero-order valence-corrected chi connectivity index (χ0v) is 9.69. The van der Waals surface area contributed by atoms with Crippen molar-refractivity contribution in [3.8, 4) is 5.75 Å². The van der Waals surface area contributed by atoms with Crippen LogP contribution in [0.25, 0.3) is 0 Å². The van der Waals surface area contributed by atoms with E-state index >= 15 is 0 Å². The fourth-order valence-corrected chi connectivity index (χ4v) is 1.19. The number of carbonyl (C=O) groups is 2. The molecule has 0 aliphatic carbocycles. The lowest BCUT2D eigenvalue weighted by Gasteiger charge is -2.18. The van der Waals surface area contributed by atoms with Crippen LogP contribution in [0.3, 0.4) is 0 Å². The first-order valence-corrected chi connectivity index (χ1v) is 5.10. The number of hydrogen-bond donors (Lipinski definition) is 0. The summed E-state index contributed by atoms with van der Waals surface area (Å²) in [6, 6.07) is 6.95. The molecule has 0 N–H and O–H groups in total. The third-order valence-corrected chi connectivity index (χ3v) is 2.21. The van der Waals surface area contributed by atoms with Crippen molar-refractivity contribution in [1.29, 1.82) is 0 Å². The predicted octanol–water partition coefficient (Wildman–Crippen LogP) is 1.98. The van der Waals surface area contributed by atoms with Crippen molar-refractivity contribution in [1.82, 2.24) is 0 Å². The molecule has 0 radical (unpaired) electrons. The molecule has 4 heteroatoms. The lowest BCUT2D eigenvalue weighted by Crippen LogP contribution is -2.23. The summed E-state index contributed by atoms with van der Waals surface area (Å²) in [6.45, 7) is 3.18. The van der Waals surface area contributed by atoms with Crippen LogP contribution in [-0.2, 0) is 9.59 Å². The van der Waals surface area contributed by atoms with Crippen LogP contribution in [0, 0.1) is 0 Å². The zero-order chi connectivity index (χ0) is 12.1. The molecule has 0 saturated carbocycles. The van der Waals surface area contributed by atoms with Gasteiger partial charge < -0.3 is 9.64 Å². The second kappa shape index (κ2) is 5.30. The highest BCUT2D eigenvalue weighted by Gasteiger charge is 2.13. The van der Waals surface area contributed by atoms with Crippen LogP contribution in [0.15, 0.2) is 24.3 Å². The van der Waals surface area contributed by atoms with Crippen LogP contribution in [-0.4, -0.2) is 18.9 Å². The average molecular weight is 221 g/mol. The van der Waals surface area contributed by atoms with Gasteiger partial charge in [0.05, 0.1) is 5.69 Å². The summed E-state index contributed by atoms with van der Waals surface area (Å²) >= 11 is 0. The number of benzene rings is 1. The number of anilines is 1. The molecule has 0 heterocycles. The Balaban J connectivity index is 3.00. The molecular weight excluding hydrogens is 206 g/mol. The van der Waals surface area contributed by atoms with Crippen LogP contribution < -0.4 is 9.64 Å². The minimum atomic E-state index is -0.315. The van der Waals surface area contributed by atoms with E-state index in [4.69, 9.17) is 4.74 Å². The van der Waals surface area contributed by atoms with Crippen molar-refractivity contribution in [2.24, 2.45) is 0 Å². The van der Waals surface area contributed by atoms with Gasteiger partial charge in [0.15, 0.2) is 5.75 Å². The van der Waals surface area contributed by atoms with Gasteiger partial charge in [-0.05, 0) is 12.1 Å². The van der Waals surface area contributed by atoms with Crippen molar-refractivity contribution in [3.05, 3.63) is 24.3 Å². The first-order chi connectivity index (χ1) is 7.56. The highest BCUT2D eigenvalue weighted by molar-refractivity contribution is 5.93. The smallest absolute Gasteiger partial charge is 0.310 e. The second-order valence-corrected chi connectivity index (χ2v) is 3.37. The average Bonchev–Trinajstić information content (AvgIpc) is 2.28. The maximum Gasteiger partial charge on any atom is 0.310 e. The Kier molecular flexibility index (Phi) is 4.05. The Morgan fingerprint density at radius 2 is 1.94 bits per heavy atom. The van der Waals surface area contributed by atoms with Gasteiger partial charge in [-0.15, -0.1) is 0 Å². The van der Waals surface area contributed by atoms with Gasteiger partial charge in [0.25, 0.3) is 0 Å². The Morgan fingerprint density at radius 1 is 1.31 bits per heavy atom. The van der Waals surface area contributed by atoms with Crippen LogP contribution in [0.2, 0.25) is 0 Å². The number of amides is 1. The summed E-state index contributed by atoms with van der Waals surface area (Å²) in [7, 11) is 1.64. The number of nitrogens with zero attached hydrogens (tertiary/aromatic N) is 1. The van der Waals surface area contributed by atoms with Crippen molar-refractivity contribution in [3.63, 3.8) is 0 Å². The minimum absolute atomic E-state index is 0.111. The van der Waals surface area contributed by atoms with Crippen LogP contribution in [0.5, 0.6) is 5.75 Å². The second-order valence-electron chi connectivity index (χ2n) is 3.37. The molecule has 4 nitrogen and oxygen atoms in total. The van der Waals surface area contributed by atoms with Crippen LogP contribution in [0.4, 0.5) is 5.69 Å². The van der Waals surface area contributed by atoms with E-state index in [1.807, 2.05) is 0 Å². The molecule has 0 unspecified atom stereocenters. The van der Waals surface area contributed by atoms with E-state index in [1.54, 1.807) is 38.2 Å². The molecule has 0 aliphatic rings. The normalized spacial score (nSPS) is 9.69. The number of ether oxygens (including phenoxy) is 1. The molecule has 0 fully saturated rings. The van der Waals surface area contributed by atoms with E-state index in [9.17, 15) is 9.59 Å². The van der Waals surface area contributed by atoms with E-state index in [1.165, 1.54) is 11.8 Å². The molecule has 0 atom stereocenters. The van der Waals surface area contributed by atoms with Crippen LogP contribution in [0.1, 0.15) is 20.3 Å². The Labute approximate surface area is 94.8 Å². The number of para-hydroxylation sites is 2. The third kappa shape index (κ3) is 2.82. The molecule has 0 aromatic heterocycles. The van der Waals surface area contributed by atoms with E-state index in [2.05, 4.69) is 0 Å². The first kappa shape index (κ1) is 12.2. The van der Waals surface area contributed by atoms with Crippen LogP contribution >= 0.6 is 0 Å². The van der Waals surface area contributed by atoms with E-state index in [0.29, 0.717) is 17.9 Å². The topological polar surface area (TPSA) is 46.6 Å². The molecule has 0 saturated heterocycles. The molecule has 86 valence electrons. The summed E-state index contributed by atoms with van der Waals surface area (Å²) in [6.07, 6.45) is 0.304. The molecule has 1 amide bonds. The van der Waals surface area contributed by atoms with Crippen molar-refractivity contribution < 1.29 is 14.3 Å². The first-order valence-electron chi connectivity index (χ1n) is 5.10. The molecule has 0 spiro atoms. The van der Waals surface area contributed by atoms with Gasteiger partial charge in [0.2, 0.25) is 5.91 Å². The van der Waals surface area contributed by atoms with Crippen molar-refractivity contribution in [2.45, 2.75) is 20.3 Å². The van der Waals surface area contributed by atoms with Gasteiger partial charge in [-0.25, -0.2) is 0 Å². The highest BCUT2D eigenvalue weighted by Crippen LogP contribution is 2.27. The fourth-order valence-electron chi connectivity index (χ4n) is 1.19. The zero-order valence-electron chi connectivity index (χ0n) is 9.69. The maximum atomic E-state index is 11.2. The van der Waals surface area contributed by atoms with E-state index < -0.39 is 0 Å². The third-order valence-electron chi connectivity index (χ3n) is 2.21. The van der Waals surface area contributed by atoms with Gasteiger partial charge in [-0.1, -0.05) is 19.1 Å². The molecule has 16 heavy (non-hydrogen) atoms. The summed E-state index contributed by atoms with van der Waals surface area (Å²) in [5, 5.41) is 0. The molecule has 0 bridgehead atoms. The Morgan fingerprint density at radius 3 is 2.50 bits per heavy atom. The maximum absolute atomic E-state index is 11.2. The predicted molar refractivity (Wildman–Crippen MR) is 61.5 cm³/mol. The van der Waals surface area contributed by atoms with Crippen molar-refractivity contribution in [2.75, 3.05) is 11.9 Å². The van der Waals surface area contributed by atoms with Gasteiger partial charge in [0, 0.05) is 20.4 Å². The van der Waals surface area contributed by atoms with Gasteiger partial charge in [0.1, 0.15) is 0 Å². The largest absolute Gasteiger partial charge is 0.424 e. The quantitative estimate of drug-likeness (QED) is 0.579. The summed E-state index contributed by atoms with van der Waals surface area (Å²) < 4.78 is 5.13. The Bertz CT molecular complexity index is 401. The van der Waals surface area contributed by atoms with Gasteiger partial charge in [-0.2, -0.15) is 0 Å². The number of hydrogen-bond acceptors (Lipinski definition) is 3. The molecule has 1 aromatic rings. The molecular formula is C12H15NO3. The molecule has 1 rings (SSSR count). The number of carbonyl (C=O) groups excluding carboxylic acids is 2. The van der Waals surface area contributed by atoms with Gasteiger partial charge >= 0.3 is 5.97 Å². The summed E-state index contributed by atoms with van der Waals surface area (Å²) in [5.74, 6) is -0.0172. The summed E-state index contributed by atoms with van der Waals surface area (Å²) in [5.41, 5.74) is 0.594. The monoisotopic (exact) mass is 221 g/mol.